The van der Waals surface area contributed by atoms with Crippen LogP contribution in [0.3, 0.4) is 0 Å². The average molecular weight is 300 g/mol. The summed E-state index contributed by atoms with van der Waals surface area (Å²) in [6.07, 6.45) is 0.843. The molecule has 0 fully saturated rings. The number of halogens is 1. The van der Waals surface area contributed by atoms with Crippen LogP contribution in [0.2, 0.25) is 5.02 Å². The Labute approximate surface area is 123 Å². The lowest BCUT2D eigenvalue weighted by Crippen LogP contribution is -2.36. The van der Waals surface area contributed by atoms with Crippen LogP contribution >= 0.6 is 11.6 Å². The number of amides is 1. The SMILES string of the molecule is C=CCNC(=O)C(C)Oc1c(Cl)cc(CO)cc1OC. The van der Waals surface area contributed by atoms with E-state index in [-0.39, 0.29) is 23.3 Å². The second-order valence-electron chi connectivity index (χ2n) is 4.06. The highest BCUT2D eigenvalue weighted by Gasteiger charge is 2.19. The Balaban J connectivity index is 2.91. The fourth-order valence-electron chi connectivity index (χ4n) is 1.53. The molecule has 1 aromatic carbocycles. The number of methoxy groups -OCH3 is 1. The van der Waals surface area contributed by atoms with Crippen LogP contribution < -0.4 is 14.8 Å². The van der Waals surface area contributed by atoms with Crippen LogP contribution in [-0.2, 0) is 11.4 Å². The van der Waals surface area contributed by atoms with E-state index in [1.165, 1.54) is 7.11 Å². The Morgan fingerprint density at radius 1 is 1.60 bits per heavy atom. The highest BCUT2D eigenvalue weighted by Crippen LogP contribution is 2.37. The van der Waals surface area contributed by atoms with E-state index >= 15 is 0 Å². The molecule has 0 aromatic heterocycles. The largest absolute Gasteiger partial charge is 0.493 e. The topological polar surface area (TPSA) is 67.8 Å². The maximum Gasteiger partial charge on any atom is 0.261 e. The van der Waals surface area contributed by atoms with Gasteiger partial charge in [0.1, 0.15) is 0 Å². The smallest absolute Gasteiger partial charge is 0.261 e. The fourth-order valence-corrected chi connectivity index (χ4v) is 1.80. The van der Waals surface area contributed by atoms with Crippen molar-refractivity contribution in [2.24, 2.45) is 0 Å². The number of hydrogen-bond donors (Lipinski definition) is 2. The Bertz CT molecular complexity index is 490. The Hall–Kier alpha value is -1.72. The first-order chi connectivity index (χ1) is 9.53. The maximum atomic E-state index is 11.7. The number of carbonyl (C=O) groups is 1. The molecular weight excluding hydrogens is 282 g/mol. The minimum atomic E-state index is -0.735. The Morgan fingerprint density at radius 2 is 2.30 bits per heavy atom. The van der Waals surface area contributed by atoms with Crippen molar-refractivity contribution in [1.29, 1.82) is 0 Å². The van der Waals surface area contributed by atoms with Gasteiger partial charge in [-0.2, -0.15) is 0 Å². The number of nitrogens with one attached hydrogen (secondary N) is 1. The van der Waals surface area contributed by atoms with Crippen LogP contribution in [0.1, 0.15) is 12.5 Å². The van der Waals surface area contributed by atoms with Crippen LogP contribution in [0.25, 0.3) is 0 Å². The molecule has 0 saturated carbocycles. The lowest BCUT2D eigenvalue weighted by Gasteiger charge is -2.18. The molecule has 0 radical (unpaired) electrons. The molecule has 110 valence electrons. The highest BCUT2D eigenvalue weighted by molar-refractivity contribution is 6.32. The molecule has 0 bridgehead atoms. The molecule has 0 aliphatic heterocycles. The normalized spacial score (nSPS) is 11.6. The number of rotatable bonds is 7. The fraction of sp³-hybridized carbons (Fsp3) is 0.357. The van der Waals surface area contributed by atoms with Crippen LogP contribution in [0, 0.1) is 0 Å². The third-order valence-corrected chi connectivity index (χ3v) is 2.84. The van der Waals surface area contributed by atoms with Gasteiger partial charge >= 0.3 is 0 Å². The second-order valence-corrected chi connectivity index (χ2v) is 4.47. The Kier molecular flexibility index (Phi) is 6.35. The van der Waals surface area contributed by atoms with E-state index in [0.717, 1.165) is 0 Å². The van der Waals surface area contributed by atoms with Gasteiger partial charge in [0.15, 0.2) is 17.6 Å². The third kappa shape index (κ3) is 4.15. The highest BCUT2D eigenvalue weighted by atomic mass is 35.5. The number of aliphatic hydroxyl groups excluding tert-OH is 1. The summed E-state index contributed by atoms with van der Waals surface area (Å²) in [6.45, 7) is 5.32. The number of carbonyl (C=O) groups excluding carboxylic acids is 1. The summed E-state index contributed by atoms with van der Waals surface area (Å²) in [5.41, 5.74) is 0.600. The molecule has 20 heavy (non-hydrogen) atoms. The quantitative estimate of drug-likeness (QED) is 0.755. The van der Waals surface area contributed by atoms with Gasteiger partial charge in [0.2, 0.25) is 0 Å². The number of ether oxygens (including phenoxy) is 2. The molecule has 0 heterocycles. The molecule has 5 nitrogen and oxygen atoms in total. The van der Waals surface area contributed by atoms with Gasteiger partial charge in [0.25, 0.3) is 5.91 Å². The summed E-state index contributed by atoms with van der Waals surface area (Å²) >= 11 is 6.08. The van der Waals surface area contributed by atoms with Crippen molar-refractivity contribution < 1.29 is 19.4 Å². The second kappa shape index (κ2) is 7.77. The van der Waals surface area contributed by atoms with E-state index in [1.54, 1.807) is 25.1 Å². The van der Waals surface area contributed by atoms with Gasteiger partial charge in [0, 0.05) is 6.54 Å². The molecule has 6 heteroatoms. The summed E-state index contributed by atoms with van der Waals surface area (Å²) in [5, 5.41) is 12.0. The molecule has 1 unspecified atom stereocenters. The van der Waals surface area contributed by atoms with Crippen molar-refractivity contribution in [2.45, 2.75) is 19.6 Å². The summed E-state index contributed by atoms with van der Waals surface area (Å²) in [5.74, 6) is 0.354. The summed E-state index contributed by atoms with van der Waals surface area (Å²) in [6, 6.07) is 3.17. The average Bonchev–Trinajstić information content (AvgIpc) is 2.46. The maximum absolute atomic E-state index is 11.7. The van der Waals surface area contributed by atoms with Crippen molar-refractivity contribution in [3.8, 4) is 11.5 Å². The number of hydrogen-bond acceptors (Lipinski definition) is 4. The molecule has 1 rings (SSSR count). The minimum Gasteiger partial charge on any atom is -0.493 e. The zero-order chi connectivity index (χ0) is 15.1. The summed E-state index contributed by atoms with van der Waals surface area (Å²) in [4.78, 5) is 11.7. The molecule has 0 aliphatic rings. The van der Waals surface area contributed by atoms with Crippen molar-refractivity contribution in [3.63, 3.8) is 0 Å². The lowest BCUT2D eigenvalue weighted by atomic mass is 10.2. The molecule has 0 saturated heterocycles. The van der Waals surface area contributed by atoms with Gasteiger partial charge in [-0.1, -0.05) is 17.7 Å². The molecule has 1 aromatic rings. The van der Waals surface area contributed by atoms with Crippen LogP contribution in [0.15, 0.2) is 24.8 Å². The van der Waals surface area contributed by atoms with Crippen LogP contribution in [0.5, 0.6) is 11.5 Å². The van der Waals surface area contributed by atoms with Crippen LogP contribution in [0.4, 0.5) is 0 Å². The van der Waals surface area contributed by atoms with Gasteiger partial charge < -0.3 is 19.9 Å². The Morgan fingerprint density at radius 3 is 2.85 bits per heavy atom. The number of benzene rings is 1. The van der Waals surface area contributed by atoms with E-state index in [1.807, 2.05) is 0 Å². The summed E-state index contributed by atoms with van der Waals surface area (Å²) < 4.78 is 10.7. The van der Waals surface area contributed by atoms with Crippen molar-refractivity contribution in [2.75, 3.05) is 13.7 Å². The predicted octanol–water partition coefficient (Wildman–Crippen LogP) is 1.91. The van der Waals surface area contributed by atoms with Crippen LogP contribution in [-0.4, -0.2) is 30.8 Å². The minimum absolute atomic E-state index is 0.161. The van der Waals surface area contributed by atoms with E-state index in [2.05, 4.69) is 11.9 Å². The zero-order valence-corrected chi connectivity index (χ0v) is 12.2. The molecule has 2 N–H and O–H groups in total. The molecule has 1 atom stereocenters. The van der Waals surface area contributed by atoms with Gasteiger partial charge in [0.05, 0.1) is 18.7 Å². The van der Waals surface area contributed by atoms with Crippen molar-refractivity contribution >= 4 is 17.5 Å². The van der Waals surface area contributed by atoms with E-state index in [0.29, 0.717) is 17.9 Å². The lowest BCUT2D eigenvalue weighted by molar-refractivity contribution is -0.127. The monoisotopic (exact) mass is 299 g/mol. The van der Waals surface area contributed by atoms with Crippen molar-refractivity contribution in [1.82, 2.24) is 5.32 Å². The predicted molar refractivity (Wildman–Crippen MR) is 77.2 cm³/mol. The van der Waals surface area contributed by atoms with E-state index < -0.39 is 6.10 Å². The van der Waals surface area contributed by atoms with E-state index in [4.69, 9.17) is 26.2 Å². The first kappa shape index (κ1) is 16.3. The number of aliphatic hydroxyl groups is 1. The van der Waals surface area contributed by atoms with E-state index in [9.17, 15) is 4.79 Å². The standard InChI is InChI=1S/C14H18ClNO4/c1-4-5-16-14(18)9(2)20-13-11(15)6-10(8-17)7-12(13)19-3/h4,6-7,9,17H,1,5,8H2,2-3H3,(H,16,18). The molecular formula is C14H18ClNO4. The summed E-state index contributed by atoms with van der Waals surface area (Å²) in [7, 11) is 1.46. The first-order valence-corrected chi connectivity index (χ1v) is 6.43. The van der Waals surface area contributed by atoms with Gasteiger partial charge in [-0.15, -0.1) is 6.58 Å². The van der Waals surface area contributed by atoms with Crippen molar-refractivity contribution in [3.05, 3.63) is 35.4 Å². The molecule has 1 amide bonds. The zero-order valence-electron chi connectivity index (χ0n) is 11.5. The molecule has 0 spiro atoms. The van der Waals surface area contributed by atoms with Gasteiger partial charge in [-0.05, 0) is 24.6 Å². The first-order valence-electron chi connectivity index (χ1n) is 6.06. The third-order valence-electron chi connectivity index (χ3n) is 2.56. The van der Waals surface area contributed by atoms with Gasteiger partial charge in [-0.25, -0.2) is 0 Å². The van der Waals surface area contributed by atoms with Gasteiger partial charge in [-0.3, -0.25) is 4.79 Å². The molecule has 0 aliphatic carbocycles.